The number of nitrogens with zero attached hydrogens (tertiary/aromatic N) is 4. The Kier molecular flexibility index (Phi) is 5.86. The van der Waals surface area contributed by atoms with E-state index in [4.69, 9.17) is 9.26 Å². The van der Waals surface area contributed by atoms with E-state index >= 15 is 0 Å². The van der Waals surface area contributed by atoms with Crippen molar-refractivity contribution in [1.82, 2.24) is 20.0 Å². The van der Waals surface area contributed by atoms with Crippen molar-refractivity contribution in [2.75, 3.05) is 32.1 Å². The molecule has 1 aliphatic heterocycles. The molecule has 0 radical (unpaired) electrons. The molecule has 152 valence electrons. The summed E-state index contributed by atoms with van der Waals surface area (Å²) in [6, 6.07) is 5.71. The zero-order valence-electron chi connectivity index (χ0n) is 16.5. The van der Waals surface area contributed by atoms with Gasteiger partial charge in [0.1, 0.15) is 5.75 Å². The van der Waals surface area contributed by atoms with E-state index < -0.39 is 0 Å². The highest BCUT2D eigenvalue weighted by Crippen LogP contribution is 2.29. The average molecular weight is 414 g/mol. The number of ether oxygens (including phenoxy) is 1. The summed E-state index contributed by atoms with van der Waals surface area (Å²) in [5.74, 6) is 1.77. The van der Waals surface area contributed by atoms with Crippen LogP contribution < -0.4 is 10.1 Å². The number of amides is 1. The molecule has 1 aromatic carbocycles. The first-order chi connectivity index (χ1) is 14.1. The molecule has 1 aliphatic rings. The standard InChI is InChI=1S/C20H23N5O3S/c1-3-27-14-4-5-15-16(12-14)29-20(21-15)22-17(26)6-7-18-23-19(24-28-18)13-8-10-25(2)11-9-13/h4-5,8,12H,3,6-7,9-11H2,1-2H3,(H,21,22,26). The number of anilines is 1. The second-order valence-electron chi connectivity index (χ2n) is 6.88. The molecule has 1 N–H and O–H groups in total. The predicted octanol–water partition coefficient (Wildman–Crippen LogP) is 3.37. The fourth-order valence-electron chi connectivity index (χ4n) is 3.08. The number of hydrogen-bond donors (Lipinski definition) is 1. The van der Waals surface area contributed by atoms with Gasteiger partial charge in [-0.3, -0.25) is 4.79 Å². The summed E-state index contributed by atoms with van der Waals surface area (Å²) in [4.78, 5) is 23.4. The topological polar surface area (TPSA) is 93.4 Å². The summed E-state index contributed by atoms with van der Waals surface area (Å²) < 4.78 is 11.8. The molecule has 8 nitrogen and oxygen atoms in total. The van der Waals surface area contributed by atoms with Crippen molar-refractivity contribution in [2.45, 2.75) is 26.2 Å². The molecule has 0 fully saturated rings. The molecular weight excluding hydrogens is 390 g/mol. The van der Waals surface area contributed by atoms with Gasteiger partial charge in [0.25, 0.3) is 0 Å². The van der Waals surface area contributed by atoms with Gasteiger partial charge in [-0.2, -0.15) is 4.98 Å². The van der Waals surface area contributed by atoms with Gasteiger partial charge in [0.2, 0.25) is 11.8 Å². The van der Waals surface area contributed by atoms with Crippen LogP contribution in [0, 0.1) is 0 Å². The molecule has 0 bridgehead atoms. The number of carbonyl (C=O) groups excluding carboxylic acids is 1. The lowest BCUT2D eigenvalue weighted by atomic mass is 10.1. The number of aryl methyl sites for hydroxylation is 1. The van der Waals surface area contributed by atoms with E-state index in [1.54, 1.807) is 0 Å². The normalized spacial score (nSPS) is 14.8. The van der Waals surface area contributed by atoms with Gasteiger partial charge >= 0.3 is 0 Å². The monoisotopic (exact) mass is 413 g/mol. The maximum absolute atomic E-state index is 12.3. The van der Waals surface area contributed by atoms with Crippen molar-refractivity contribution in [3.05, 3.63) is 36.0 Å². The van der Waals surface area contributed by atoms with E-state index in [-0.39, 0.29) is 12.3 Å². The number of benzene rings is 1. The van der Waals surface area contributed by atoms with E-state index in [2.05, 4.69) is 38.5 Å². The molecule has 9 heteroatoms. The van der Waals surface area contributed by atoms with Crippen molar-refractivity contribution in [3.63, 3.8) is 0 Å². The predicted molar refractivity (Wildman–Crippen MR) is 112 cm³/mol. The van der Waals surface area contributed by atoms with Crippen LogP contribution in [0.5, 0.6) is 5.75 Å². The van der Waals surface area contributed by atoms with E-state index in [1.807, 2.05) is 25.1 Å². The molecule has 0 saturated heterocycles. The average Bonchev–Trinajstić information content (AvgIpc) is 3.33. The third-order valence-corrected chi connectivity index (χ3v) is 5.58. The summed E-state index contributed by atoms with van der Waals surface area (Å²) in [5.41, 5.74) is 1.94. The Morgan fingerprint density at radius 2 is 2.28 bits per heavy atom. The fourth-order valence-corrected chi connectivity index (χ4v) is 3.99. The van der Waals surface area contributed by atoms with E-state index in [9.17, 15) is 4.79 Å². The third-order valence-electron chi connectivity index (χ3n) is 4.65. The maximum Gasteiger partial charge on any atom is 0.227 e. The lowest BCUT2D eigenvalue weighted by Gasteiger charge is -2.19. The second-order valence-corrected chi connectivity index (χ2v) is 7.91. The zero-order chi connectivity index (χ0) is 20.2. The molecule has 0 unspecified atom stereocenters. The Labute approximate surface area is 172 Å². The Morgan fingerprint density at radius 3 is 3.07 bits per heavy atom. The lowest BCUT2D eigenvalue weighted by Crippen LogP contribution is -2.23. The zero-order valence-corrected chi connectivity index (χ0v) is 17.3. The third kappa shape index (κ3) is 4.80. The SMILES string of the molecule is CCOc1ccc2nc(NC(=O)CCc3nc(C4=CCN(C)CC4)no3)sc2c1. The highest BCUT2D eigenvalue weighted by Gasteiger charge is 2.16. The largest absolute Gasteiger partial charge is 0.494 e. The first-order valence-electron chi connectivity index (χ1n) is 9.64. The molecule has 0 spiro atoms. The van der Waals surface area contributed by atoms with Crippen LogP contribution in [0.2, 0.25) is 0 Å². The Balaban J connectivity index is 1.33. The summed E-state index contributed by atoms with van der Waals surface area (Å²) >= 11 is 1.42. The number of nitrogens with one attached hydrogen (secondary N) is 1. The van der Waals surface area contributed by atoms with E-state index in [0.717, 1.165) is 41.0 Å². The van der Waals surface area contributed by atoms with Gasteiger partial charge in [0.05, 0.1) is 16.8 Å². The summed E-state index contributed by atoms with van der Waals surface area (Å²) in [6.45, 7) is 4.42. The molecule has 2 aromatic heterocycles. The highest BCUT2D eigenvalue weighted by molar-refractivity contribution is 7.22. The maximum atomic E-state index is 12.3. The number of carbonyl (C=O) groups is 1. The Hall–Kier alpha value is -2.78. The van der Waals surface area contributed by atoms with Gasteiger partial charge in [0.15, 0.2) is 11.0 Å². The summed E-state index contributed by atoms with van der Waals surface area (Å²) in [5, 5.41) is 7.47. The minimum Gasteiger partial charge on any atom is -0.494 e. The van der Waals surface area contributed by atoms with Crippen LogP contribution in [0.4, 0.5) is 5.13 Å². The smallest absolute Gasteiger partial charge is 0.227 e. The second kappa shape index (κ2) is 8.71. The van der Waals surface area contributed by atoms with E-state index in [1.165, 1.54) is 11.3 Å². The number of fused-ring (bicyclic) bond motifs is 1. The van der Waals surface area contributed by atoms with Crippen LogP contribution in [0.3, 0.4) is 0 Å². The highest BCUT2D eigenvalue weighted by atomic mass is 32.1. The number of aromatic nitrogens is 3. The van der Waals surface area contributed by atoms with Crippen molar-refractivity contribution in [1.29, 1.82) is 0 Å². The first kappa shape index (κ1) is 19.5. The van der Waals surface area contributed by atoms with Gasteiger partial charge < -0.3 is 19.5 Å². The number of rotatable bonds is 7. The van der Waals surface area contributed by atoms with Gasteiger partial charge in [-0.05, 0) is 44.2 Å². The minimum atomic E-state index is -0.132. The van der Waals surface area contributed by atoms with Gasteiger partial charge in [-0.1, -0.05) is 22.6 Å². The van der Waals surface area contributed by atoms with Crippen molar-refractivity contribution < 1.29 is 14.1 Å². The molecule has 4 rings (SSSR count). The van der Waals surface area contributed by atoms with Crippen LogP contribution in [-0.4, -0.2) is 52.7 Å². The van der Waals surface area contributed by atoms with Crippen LogP contribution >= 0.6 is 11.3 Å². The van der Waals surface area contributed by atoms with Gasteiger partial charge in [-0.25, -0.2) is 4.98 Å². The van der Waals surface area contributed by atoms with Crippen LogP contribution in [0.1, 0.15) is 31.5 Å². The first-order valence-corrected chi connectivity index (χ1v) is 10.5. The molecular formula is C20H23N5O3S. The van der Waals surface area contributed by atoms with Crippen LogP contribution in [-0.2, 0) is 11.2 Å². The number of likely N-dealkylation sites (N-methyl/N-ethyl adjacent to an activating group) is 1. The fraction of sp³-hybridized carbons (Fsp3) is 0.400. The van der Waals surface area contributed by atoms with E-state index in [0.29, 0.717) is 29.9 Å². The number of thiazole rings is 1. The van der Waals surface area contributed by atoms with Crippen molar-refractivity contribution in [2.24, 2.45) is 0 Å². The molecule has 3 aromatic rings. The number of hydrogen-bond acceptors (Lipinski definition) is 8. The quantitative estimate of drug-likeness (QED) is 0.635. The molecule has 29 heavy (non-hydrogen) atoms. The van der Waals surface area contributed by atoms with Crippen LogP contribution in [0.15, 0.2) is 28.8 Å². The Morgan fingerprint density at radius 1 is 1.38 bits per heavy atom. The van der Waals surface area contributed by atoms with Crippen molar-refractivity contribution in [3.8, 4) is 5.75 Å². The molecule has 1 amide bonds. The minimum absolute atomic E-state index is 0.132. The molecule has 0 aliphatic carbocycles. The molecule has 0 saturated carbocycles. The molecule has 3 heterocycles. The summed E-state index contributed by atoms with van der Waals surface area (Å²) in [6.07, 6.45) is 3.67. The van der Waals surface area contributed by atoms with Crippen molar-refractivity contribution >= 4 is 38.2 Å². The molecule has 0 atom stereocenters. The lowest BCUT2D eigenvalue weighted by molar-refractivity contribution is -0.116. The van der Waals surface area contributed by atoms with Gasteiger partial charge in [-0.15, -0.1) is 0 Å². The van der Waals surface area contributed by atoms with Crippen LogP contribution in [0.25, 0.3) is 15.8 Å². The summed E-state index contributed by atoms with van der Waals surface area (Å²) in [7, 11) is 2.08. The van der Waals surface area contributed by atoms with Gasteiger partial charge in [0, 0.05) is 25.9 Å². The Bertz CT molecular complexity index is 1040.